The molecular formula is C48H44N2O7. The Morgan fingerprint density at radius 1 is 0.439 bits per heavy atom. The smallest absolute Gasteiger partial charge is 0.343 e. The second kappa shape index (κ2) is 20.6. The summed E-state index contributed by atoms with van der Waals surface area (Å²) in [6.07, 6.45) is 7.58. The molecule has 9 nitrogen and oxygen atoms in total. The quantitative estimate of drug-likeness (QED) is 0.0372. The second-order valence-electron chi connectivity index (χ2n) is 13.0. The van der Waals surface area contributed by atoms with Gasteiger partial charge in [-0.05, 0) is 170 Å². The predicted octanol–water partition coefficient (Wildman–Crippen LogP) is 11.8. The number of aliphatic imine (C=N–C) groups is 2. The van der Waals surface area contributed by atoms with E-state index in [0.717, 1.165) is 59.7 Å². The van der Waals surface area contributed by atoms with Crippen LogP contribution in [0.3, 0.4) is 0 Å². The van der Waals surface area contributed by atoms with Gasteiger partial charge >= 0.3 is 11.9 Å². The van der Waals surface area contributed by atoms with E-state index in [-0.39, 0.29) is 0 Å². The Bertz CT molecular complexity index is 2070. The van der Waals surface area contributed by atoms with Gasteiger partial charge in [0.1, 0.15) is 34.5 Å². The normalized spacial score (nSPS) is 11.1. The average Bonchev–Trinajstić information content (AvgIpc) is 3.25. The fourth-order valence-electron chi connectivity index (χ4n) is 5.25. The summed E-state index contributed by atoms with van der Waals surface area (Å²) < 4.78 is 28.4. The number of hydrogen-bond acceptors (Lipinski definition) is 9. The highest BCUT2D eigenvalue weighted by Crippen LogP contribution is 2.27. The van der Waals surface area contributed by atoms with Crippen molar-refractivity contribution < 1.29 is 33.3 Å². The van der Waals surface area contributed by atoms with Crippen molar-refractivity contribution >= 4 is 35.7 Å². The fraction of sp³-hybridized carbons (Fsp3) is 0.167. The van der Waals surface area contributed by atoms with E-state index >= 15 is 0 Å². The lowest BCUT2D eigenvalue weighted by Crippen LogP contribution is -2.08. The van der Waals surface area contributed by atoms with Gasteiger partial charge < -0.3 is 23.7 Å². The topological polar surface area (TPSA) is 105 Å². The van der Waals surface area contributed by atoms with Crippen LogP contribution in [0.1, 0.15) is 71.4 Å². The molecule has 0 atom stereocenters. The highest BCUT2D eigenvalue weighted by atomic mass is 16.5. The Kier molecular flexibility index (Phi) is 14.4. The van der Waals surface area contributed by atoms with Crippen LogP contribution in [0, 0.1) is 0 Å². The van der Waals surface area contributed by atoms with E-state index < -0.39 is 11.9 Å². The summed E-state index contributed by atoms with van der Waals surface area (Å²) in [6.45, 7) is 5.53. The van der Waals surface area contributed by atoms with Gasteiger partial charge in [0.2, 0.25) is 0 Å². The number of nitrogens with zero attached hydrogens (tertiary/aromatic N) is 2. The summed E-state index contributed by atoms with van der Waals surface area (Å²) in [5, 5.41) is 0. The monoisotopic (exact) mass is 760 g/mol. The standard InChI is InChI=1S/C48H44N2O7/c1-3-5-31-53-41-23-11-37(12-24-41)47(51)56-45-19-7-35(8-20-45)33-49-39-15-27-43(28-16-39)55-44-29-17-40(18-30-44)50-34-36-9-21-46(22-10-36)57-48(52)38-13-25-42(26-14-38)54-32-6-4-2/h7-30,33-34H,3-6,31-32H2,1-2H3. The molecule has 9 heteroatoms. The van der Waals surface area contributed by atoms with Gasteiger partial charge in [-0.3, -0.25) is 9.98 Å². The van der Waals surface area contributed by atoms with E-state index in [4.69, 9.17) is 23.7 Å². The maximum atomic E-state index is 12.6. The lowest BCUT2D eigenvalue weighted by atomic mass is 10.2. The molecule has 57 heavy (non-hydrogen) atoms. The lowest BCUT2D eigenvalue weighted by Gasteiger charge is -2.07. The van der Waals surface area contributed by atoms with Gasteiger partial charge in [0.25, 0.3) is 0 Å². The van der Waals surface area contributed by atoms with Crippen LogP contribution in [0.15, 0.2) is 156 Å². The maximum Gasteiger partial charge on any atom is 0.343 e. The highest BCUT2D eigenvalue weighted by molar-refractivity contribution is 5.92. The molecule has 0 radical (unpaired) electrons. The van der Waals surface area contributed by atoms with Crippen LogP contribution in [0.2, 0.25) is 0 Å². The fourth-order valence-corrected chi connectivity index (χ4v) is 5.25. The number of benzene rings is 6. The summed E-state index contributed by atoms with van der Waals surface area (Å²) in [5.41, 5.74) is 4.13. The average molecular weight is 761 g/mol. The minimum Gasteiger partial charge on any atom is -0.494 e. The first-order chi connectivity index (χ1) is 27.9. The Hall–Kier alpha value is -7.00. The van der Waals surface area contributed by atoms with E-state index in [1.807, 2.05) is 72.8 Å². The van der Waals surface area contributed by atoms with Gasteiger partial charge in [-0.1, -0.05) is 26.7 Å². The third kappa shape index (κ3) is 12.5. The van der Waals surface area contributed by atoms with Crippen LogP contribution in [-0.2, 0) is 0 Å². The van der Waals surface area contributed by atoms with Gasteiger partial charge in [0.15, 0.2) is 0 Å². The molecule has 0 aliphatic heterocycles. The highest BCUT2D eigenvalue weighted by Gasteiger charge is 2.10. The molecule has 6 rings (SSSR count). The summed E-state index contributed by atoms with van der Waals surface area (Å²) in [4.78, 5) is 34.3. The molecule has 0 unspecified atom stereocenters. The molecule has 0 bridgehead atoms. The zero-order chi connectivity index (χ0) is 39.7. The number of rotatable bonds is 18. The first-order valence-electron chi connectivity index (χ1n) is 19.0. The van der Waals surface area contributed by atoms with Crippen molar-refractivity contribution in [3.05, 3.63) is 168 Å². The number of hydrogen-bond donors (Lipinski definition) is 0. The van der Waals surface area contributed by atoms with Crippen molar-refractivity contribution in [2.75, 3.05) is 13.2 Å². The molecule has 0 amide bonds. The minimum absolute atomic E-state index is 0.434. The first-order valence-corrected chi connectivity index (χ1v) is 19.0. The zero-order valence-electron chi connectivity index (χ0n) is 32.0. The van der Waals surface area contributed by atoms with Gasteiger partial charge in [0.05, 0.1) is 35.7 Å². The van der Waals surface area contributed by atoms with Crippen LogP contribution in [-0.4, -0.2) is 37.6 Å². The maximum absolute atomic E-state index is 12.6. The number of carbonyl (C=O) groups is 2. The molecule has 0 aromatic heterocycles. The molecule has 6 aromatic rings. The van der Waals surface area contributed by atoms with Crippen molar-refractivity contribution in [1.29, 1.82) is 0 Å². The predicted molar refractivity (Wildman–Crippen MR) is 224 cm³/mol. The molecule has 0 N–H and O–H groups in total. The van der Waals surface area contributed by atoms with Crippen LogP contribution < -0.4 is 23.7 Å². The molecule has 0 spiro atoms. The van der Waals surface area contributed by atoms with E-state index in [1.54, 1.807) is 85.2 Å². The molecule has 6 aromatic carbocycles. The number of ether oxygens (including phenoxy) is 5. The van der Waals surface area contributed by atoms with Crippen LogP contribution in [0.4, 0.5) is 11.4 Å². The third-order valence-corrected chi connectivity index (χ3v) is 8.53. The lowest BCUT2D eigenvalue weighted by molar-refractivity contribution is 0.0725. The van der Waals surface area contributed by atoms with Crippen LogP contribution in [0.5, 0.6) is 34.5 Å². The Labute approximate surface area is 333 Å². The Morgan fingerprint density at radius 3 is 1.12 bits per heavy atom. The molecule has 0 fully saturated rings. The summed E-state index contributed by atoms with van der Waals surface area (Å²) in [7, 11) is 0. The summed E-state index contributed by atoms with van der Waals surface area (Å²) in [5.74, 6) is 2.83. The third-order valence-electron chi connectivity index (χ3n) is 8.53. The molecular weight excluding hydrogens is 717 g/mol. The van der Waals surface area contributed by atoms with Crippen LogP contribution in [0.25, 0.3) is 0 Å². The van der Waals surface area contributed by atoms with E-state index in [0.29, 0.717) is 47.3 Å². The Morgan fingerprint density at radius 2 is 0.772 bits per heavy atom. The minimum atomic E-state index is -0.434. The second-order valence-corrected chi connectivity index (χ2v) is 13.0. The van der Waals surface area contributed by atoms with Crippen LogP contribution >= 0.6 is 0 Å². The molecule has 0 heterocycles. The van der Waals surface area contributed by atoms with E-state index in [9.17, 15) is 9.59 Å². The van der Waals surface area contributed by atoms with E-state index in [1.165, 1.54) is 0 Å². The van der Waals surface area contributed by atoms with E-state index in [2.05, 4.69) is 23.8 Å². The molecule has 288 valence electrons. The first kappa shape index (κ1) is 39.7. The largest absolute Gasteiger partial charge is 0.494 e. The molecule has 0 aliphatic carbocycles. The number of carbonyl (C=O) groups excluding carboxylic acids is 2. The number of esters is 2. The Balaban J connectivity index is 0.932. The van der Waals surface area contributed by atoms with Gasteiger partial charge in [0, 0.05) is 12.4 Å². The van der Waals surface area contributed by atoms with Gasteiger partial charge in [-0.2, -0.15) is 0 Å². The zero-order valence-corrected chi connectivity index (χ0v) is 32.0. The number of unbranched alkanes of at least 4 members (excludes halogenated alkanes) is 2. The van der Waals surface area contributed by atoms with Gasteiger partial charge in [-0.25, -0.2) is 9.59 Å². The van der Waals surface area contributed by atoms with Crippen molar-refractivity contribution in [3.63, 3.8) is 0 Å². The van der Waals surface area contributed by atoms with Crippen molar-refractivity contribution in [3.8, 4) is 34.5 Å². The van der Waals surface area contributed by atoms with Crippen molar-refractivity contribution in [2.24, 2.45) is 9.98 Å². The summed E-state index contributed by atoms with van der Waals surface area (Å²) >= 11 is 0. The van der Waals surface area contributed by atoms with Crippen molar-refractivity contribution in [2.45, 2.75) is 39.5 Å². The van der Waals surface area contributed by atoms with Gasteiger partial charge in [-0.15, -0.1) is 0 Å². The van der Waals surface area contributed by atoms with Crippen molar-refractivity contribution in [1.82, 2.24) is 0 Å². The molecule has 0 saturated heterocycles. The summed E-state index contributed by atoms with van der Waals surface area (Å²) in [6, 6.07) is 43.1. The molecule has 0 saturated carbocycles. The SMILES string of the molecule is CCCCOc1ccc(C(=O)Oc2ccc(C=Nc3ccc(Oc4ccc(N=Cc5ccc(OC(=O)c6ccc(OCCCC)cc6)cc5)cc4)cc3)cc2)cc1. The molecule has 0 aliphatic rings.